The molecule has 26 heavy (non-hydrogen) atoms. The van der Waals surface area contributed by atoms with Gasteiger partial charge in [-0.3, -0.25) is 19.7 Å². The molecule has 1 atom stereocenters. The Balaban J connectivity index is 0.00000625. The zero-order valence-electron chi connectivity index (χ0n) is 15.6. The van der Waals surface area contributed by atoms with Crippen molar-refractivity contribution in [1.29, 1.82) is 0 Å². The van der Waals surface area contributed by atoms with Crippen molar-refractivity contribution < 1.29 is 19.5 Å². The Morgan fingerprint density at radius 3 is 2.12 bits per heavy atom. The van der Waals surface area contributed by atoms with Crippen LogP contribution in [0.15, 0.2) is 12.1 Å². The number of halogens is 1. The highest BCUT2D eigenvalue weighted by Gasteiger charge is 2.17. The number of nitrogens with one attached hydrogen (secondary N) is 3. The second kappa shape index (κ2) is 11.5. The fraction of sp³-hybridized carbons (Fsp3) is 0.500. The van der Waals surface area contributed by atoms with Gasteiger partial charge in [0.1, 0.15) is 6.04 Å². The molecule has 0 spiro atoms. The molecule has 0 aromatic heterocycles. The van der Waals surface area contributed by atoms with Crippen molar-refractivity contribution in [2.75, 3.05) is 18.4 Å². The quantitative estimate of drug-likeness (QED) is 0.519. The molecule has 0 aliphatic rings. The third-order valence-corrected chi connectivity index (χ3v) is 3.77. The highest BCUT2D eigenvalue weighted by Crippen LogP contribution is 2.21. The number of amides is 2. The highest BCUT2D eigenvalue weighted by molar-refractivity contribution is 5.96. The first-order valence-electron chi connectivity index (χ1n) is 8.35. The summed E-state index contributed by atoms with van der Waals surface area (Å²) in [7, 11) is 0. The van der Waals surface area contributed by atoms with Gasteiger partial charge in [-0.05, 0) is 38.3 Å². The summed E-state index contributed by atoms with van der Waals surface area (Å²) in [4.78, 5) is 34.8. The molecule has 1 unspecified atom stereocenters. The van der Waals surface area contributed by atoms with Crippen LogP contribution in [-0.4, -0.2) is 42.0 Å². The number of carbonyl (C=O) groups excluding carboxylic acids is 2. The second-order valence-corrected chi connectivity index (χ2v) is 6.16. The molecule has 1 rings (SSSR count). The van der Waals surface area contributed by atoms with Crippen molar-refractivity contribution in [3.63, 3.8) is 0 Å². The average molecular weight is 386 g/mol. The molecule has 0 heterocycles. The molecule has 8 heteroatoms. The number of hydrogen-bond acceptors (Lipinski definition) is 4. The normalized spacial score (nSPS) is 11.2. The predicted octanol–water partition coefficient (Wildman–Crippen LogP) is 1.93. The third-order valence-electron chi connectivity index (χ3n) is 3.77. The van der Waals surface area contributed by atoms with Gasteiger partial charge >= 0.3 is 5.97 Å². The first kappa shape index (κ1) is 23.9. The Morgan fingerprint density at radius 2 is 1.62 bits per heavy atom. The summed E-state index contributed by atoms with van der Waals surface area (Å²) < 4.78 is 0. The molecule has 1 aromatic rings. The van der Waals surface area contributed by atoms with Gasteiger partial charge in [0.15, 0.2) is 0 Å². The van der Waals surface area contributed by atoms with E-state index in [-0.39, 0.29) is 31.4 Å². The number of aryl methyl sites for hydroxylation is 3. The first-order valence-corrected chi connectivity index (χ1v) is 8.35. The molecular formula is C18H28ClN3O4. The molecule has 4 N–H and O–H groups in total. The lowest BCUT2D eigenvalue weighted by atomic mass is 10.1. The Kier molecular flexibility index (Phi) is 10.6. The Labute approximate surface area is 160 Å². The fourth-order valence-electron chi connectivity index (χ4n) is 2.62. The van der Waals surface area contributed by atoms with Crippen molar-refractivity contribution in [2.24, 2.45) is 0 Å². The monoisotopic (exact) mass is 385 g/mol. The molecule has 0 saturated carbocycles. The first-order chi connectivity index (χ1) is 11.7. The summed E-state index contributed by atoms with van der Waals surface area (Å²) >= 11 is 0. The second-order valence-electron chi connectivity index (χ2n) is 6.16. The lowest BCUT2D eigenvalue weighted by Crippen LogP contribution is -2.44. The molecule has 146 valence electrons. The smallest absolute Gasteiger partial charge is 0.320 e. The van der Waals surface area contributed by atoms with E-state index in [0.29, 0.717) is 12.8 Å². The van der Waals surface area contributed by atoms with Crippen LogP contribution in [0.5, 0.6) is 0 Å². The summed E-state index contributed by atoms with van der Waals surface area (Å²) in [5.74, 6) is -1.74. The zero-order chi connectivity index (χ0) is 19.0. The van der Waals surface area contributed by atoms with E-state index >= 15 is 0 Å². The van der Waals surface area contributed by atoms with Crippen LogP contribution in [0.25, 0.3) is 0 Å². The minimum absolute atomic E-state index is 0. The van der Waals surface area contributed by atoms with Crippen LogP contribution in [0.1, 0.15) is 36.5 Å². The number of carbonyl (C=O) groups is 3. The summed E-state index contributed by atoms with van der Waals surface area (Å²) in [6.07, 6.45) is 1.14. The third kappa shape index (κ3) is 7.84. The van der Waals surface area contributed by atoms with Gasteiger partial charge in [0, 0.05) is 5.69 Å². The molecular weight excluding hydrogens is 358 g/mol. The van der Waals surface area contributed by atoms with E-state index in [9.17, 15) is 14.4 Å². The number of carboxylic acids is 1. The number of aliphatic carboxylic acids is 1. The van der Waals surface area contributed by atoms with Crippen LogP contribution in [-0.2, 0) is 14.4 Å². The van der Waals surface area contributed by atoms with Gasteiger partial charge in [0.2, 0.25) is 11.8 Å². The minimum atomic E-state index is -0.988. The zero-order valence-corrected chi connectivity index (χ0v) is 16.5. The summed E-state index contributed by atoms with van der Waals surface area (Å²) in [6.45, 7) is 7.38. The van der Waals surface area contributed by atoms with Crippen LogP contribution in [0.3, 0.4) is 0 Å². The van der Waals surface area contributed by atoms with Gasteiger partial charge in [0.05, 0.1) is 13.1 Å². The van der Waals surface area contributed by atoms with Crippen LogP contribution in [0.4, 0.5) is 5.69 Å². The molecule has 0 aliphatic heterocycles. The largest absolute Gasteiger partial charge is 0.480 e. The molecule has 1 aromatic carbocycles. The average Bonchev–Trinajstić information content (AvgIpc) is 2.52. The Morgan fingerprint density at radius 1 is 1.04 bits per heavy atom. The lowest BCUT2D eigenvalue weighted by molar-refractivity contribution is -0.139. The SMILES string of the molecule is CCCC(NCC(=O)NCC(=O)Nc1c(C)cc(C)cc1C)C(=O)O.Cl. The van der Waals surface area contributed by atoms with Crippen LogP contribution < -0.4 is 16.0 Å². The molecule has 2 amide bonds. The number of hydrogen-bond donors (Lipinski definition) is 4. The molecule has 0 aliphatic carbocycles. The van der Waals surface area contributed by atoms with Crippen molar-refractivity contribution in [3.05, 3.63) is 28.8 Å². The van der Waals surface area contributed by atoms with Gasteiger partial charge in [-0.2, -0.15) is 0 Å². The highest BCUT2D eigenvalue weighted by atomic mass is 35.5. The predicted molar refractivity (Wildman–Crippen MR) is 104 cm³/mol. The summed E-state index contributed by atoms with van der Waals surface area (Å²) in [6, 6.07) is 3.19. The van der Waals surface area contributed by atoms with E-state index < -0.39 is 17.9 Å². The van der Waals surface area contributed by atoms with E-state index in [0.717, 1.165) is 22.4 Å². The molecule has 0 bridgehead atoms. The van der Waals surface area contributed by atoms with E-state index in [1.54, 1.807) is 0 Å². The maximum absolute atomic E-state index is 12.0. The van der Waals surface area contributed by atoms with E-state index in [1.807, 2.05) is 39.8 Å². The Bertz CT molecular complexity index is 626. The van der Waals surface area contributed by atoms with Crippen molar-refractivity contribution in [1.82, 2.24) is 10.6 Å². The van der Waals surface area contributed by atoms with E-state index in [1.165, 1.54) is 0 Å². The molecule has 0 saturated heterocycles. The molecule has 7 nitrogen and oxygen atoms in total. The Hall–Kier alpha value is -2.12. The van der Waals surface area contributed by atoms with Crippen molar-refractivity contribution >= 4 is 35.9 Å². The number of anilines is 1. The summed E-state index contributed by atoms with van der Waals surface area (Å²) in [5, 5.41) is 17.0. The molecule has 0 radical (unpaired) electrons. The van der Waals surface area contributed by atoms with Gasteiger partial charge in [-0.1, -0.05) is 31.0 Å². The van der Waals surface area contributed by atoms with Crippen molar-refractivity contribution in [3.8, 4) is 0 Å². The fourth-order valence-corrected chi connectivity index (χ4v) is 2.62. The van der Waals surface area contributed by atoms with Crippen LogP contribution in [0, 0.1) is 20.8 Å². The van der Waals surface area contributed by atoms with Gasteiger partial charge in [-0.15, -0.1) is 12.4 Å². The van der Waals surface area contributed by atoms with E-state index in [2.05, 4.69) is 16.0 Å². The minimum Gasteiger partial charge on any atom is -0.480 e. The lowest BCUT2D eigenvalue weighted by Gasteiger charge is -2.14. The van der Waals surface area contributed by atoms with Crippen LogP contribution in [0.2, 0.25) is 0 Å². The number of carboxylic acid groups (broad SMARTS) is 1. The standard InChI is InChI=1S/C18H27N3O4.ClH/c1-5-6-14(18(24)25)19-9-15(22)20-10-16(23)21-17-12(3)7-11(2)8-13(17)4;/h7-8,14,19H,5-6,9-10H2,1-4H3,(H,20,22)(H,21,23)(H,24,25);1H. The maximum Gasteiger partial charge on any atom is 0.320 e. The number of rotatable bonds is 9. The van der Waals surface area contributed by atoms with Gasteiger partial charge in [0.25, 0.3) is 0 Å². The summed E-state index contributed by atoms with van der Waals surface area (Å²) in [5.41, 5.74) is 3.79. The van der Waals surface area contributed by atoms with Crippen molar-refractivity contribution in [2.45, 2.75) is 46.6 Å². The van der Waals surface area contributed by atoms with E-state index in [4.69, 9.17) is 5.11 Å². The topological polar surface area (TPSA) is 108 Å². The maximum atomic E-state index is 12.0. The van der Waals surface area contributed by atoms with Crippen LogP contribution >= 0.6 is 12.4 Å². The molecule has 0 fully saturated rings. The van der Waals surface area contributed by atoms with Gasteiger partial charge < -0.3 is 15.7 Å². The van der Waals surface area contributed by atoms with Gasteiger partial charge in [-0.25, -0.2) is 0 Å². The number of benzene rings is 1.